The van der Waals surface area contributed by atoms with Gasteiger partial charge in [0.1, 0.15) is 17.0 Å². The van der Waals surface area contributed by atoms with Gasteiger partial charge in [-0.1, -0.05) is 6.07 Å². The van der Waals surface area contributed by atoms with Crippen molar-refractivity contribution in [2.45, 2.75) is 13.0 Å². The number of fused-ring (bicyclic) bond motifs is 2. The third-order valence-electron chi connectivity index (χ3n) is 3.78. The molecule has 100 valence electrons. The zero-order valence-corrected chi connectivity index (χ0v) is 11.7. The van der Waals surface area contributed by atoms with Gasteiger partial charge < -0.3 is 10.6 Å². The molecule has 5 heteroatoms. The van der Waals surface area contributed by atoms with Crippen molar-refractivity contribution in [3.05, 3.63) is 47.1 Å². The largest absolute Gasteiger partial charge is 0.399 e. The molecule has 20 heavy (non-hydrogen) atoms. The van der Waals surface area contributed by atoms with E-state index in [0.29, 0.717) is 0 Å². The van der Waals surface area contributed by atoms with Gasteiger partial charge in [-0.2, -0.15) is 0 Å². The first-order valence-electron chi connectivity index (χ1n) is 6.62. The lowest BCUT2D eigenvalue weighted by Crippen LogP contribution is -2.31. The molecule has 0 spiro atoms. The Kier molecular flexibility index (Phi) is 2.60. The Morgan fingerprint density at radius 2 is 2.10 bits per heavy atom. The molecule has 0 fully saturated rings. The minimum absolute atomic E-state index is 0.828. The topological polar surface area (TPSA) is 55.0 Å². The molecule has 0 unspecified atom stereocenters. The summed E-state index contributed by atoms with van der Waals surface area (Å²) in [6.07, 6.45) is 2.69. The fourth-order valence-corrected chi connectivity index (χ4v) is 3.51. The molecule has 0 aliphatic carbocycles. The van der Waals surface area contributed by atoms with Gasteiger partial charge in [0, 0.05) is 18.8 Å². The second kappa shape index (κ2) is 4.45. The van der Waals surface area contributed by atoms with E-state index in [0.717, 1.165) is 41.2 Å². The van der Waals surface area contributed by atoms with Crippen molar-refractivity contribution in [3.63, 3.8) is 0 Å². The number of nitrogens with zero attached hydrogens (tertiary/aromatic N) is 3. The Hall–Kier alpha value is -2.14. The fourth-order valence-electron chi connectivity index (χ4n) is 2.79. The maximum absolute atomic E-state index is 5.90. The van der Waals surface area contributed by atoms with Crippen LogP contribution in [0, 0.1) is 0 Å². The molecule has 2 aromatic heterocycles. The third-order valence-corrected chi connectivity index (χ3v) is 4.60. The molecule has 3 heterocycles. The second-order valence-electron chi connectivity index (χ2n) is 5.04. The normalized spacial score (nSPS) is 14.5. The van der Waals surface area contributed by atoms with Crippen molar-refractivity contribution in [2.24, 2.45) is 0 Å². The molecular formula is C15H14N4S. The third kappa shape index (κ3) is 1.82. The van der Waals surface area contributed by atoms with E-state index in [2.05, 4.69) is 38.4 Å². The number of thiophene rings is 1. The fraction of sp³-hybridized carbons (Fsp3) is 0.200. The maximum atomic E-state index is 5.90. The number of nitrogens with two attached hydrogens (primary N) is 1. The van der Waals surface area contributed by atoms with E-state index >= 15 is 0 Å². The predicted octanol–water partition coefficient (Wildman–Crippen LogP) is 2.84. The predicted molar refractivity (Wildman–Crippen MR) is 83.0 cm³/mol. The van der Waals surface area contributed by atoms with Crippen LogP contribution in [0.2, 0.25) is 0 Å². The maximum Gasteiger partial charge on any atom is 0.141 e. The Balaban J connectivity index is 1.76. The minimum Gasteiger partial charge on any atom is -0.399 e. The van der Waals surface area contributed by atoms with Gasteiger partial charge in [0.2, 0.25) is 0 Å². The molecule has 1 aliphatic rings. The van der Waals surface area contributed by atoms with E-state index < -0.39 is 0 Å². The van der Waals surface area contributed by atoms with Crippen LogP contribution in [0.25, 0.3) is 10.2 Å². The van der Waals surface area contributed by atoms with Crippen molar-refractivity contribution < 1.29 is 0 Å². The van der Waals surface area contributed by atoms with Crippen molar-refractivity contribution in [1.82, 2.24) is 9.97 Å². The van der Waals surface area contributed by atoms with Crippen molar-refractivity contribution >= 4 is 33.1 Å². The molecule has 4 nitrogen and oxygen atoms in total. The van der Waals surface area contributed by atoms with Gasteiger partial charge in [0.25, 0.3) is 0 Å². The number of nitrogen functional groups attached to an aromatic ring is 1. The Morgan fingerprint density at radius 1 is 1.15 bits per heavy atom. The van der Waals surface area contributed by atoms with Crippen LogP contribution in [0.1, 0.15) is 11.1 Å². The summed E-state index contributed by atoms with van der Waals surface area (Å²) >= 11 is 1.66. The monoisotopic (exact) mass is 282 g/mol. The number of benzene rings is 1. The van der Waals surface area contributed by atoms with Crippen LogP contribution in [0.15, 0.2) is 36.0 Å². The zero-order valence-electron chi connectivity index (χ0n) is 10.9. The van der Waals surface area contributed by atoms with Crippen LogP contribution in [0.5, 0.6) is 0 Å². The molecule has 3 aromatic rings. The average Bonchev–Trinajstić information content (AvgIpc) is 2.94. The van der Waals surface area contributed by atoms with Crippen molar-refractivity contribution in [1.29, 1.82) is 0 Å². The number of hydrogen-bond acceptors (Lipinski definition) is 5. The average molecular weight is 282 g/mol. The summed E-state index contributed by atoms with van der Waals surface area (Å²) in [5.74, 6) is 1.03. The van der Waals surface area contributed by atoms with E-state index in [4.69, 9.17) is 5.73 Å². The Labute approximate surface area is 120 Å². The molecule has 1 aliphatic heterocycles. The summed E-state index contributed by atoms with van der Waals surface area (Å²) in [5.41, 5.74) is 9.42. The molecular weight excluding hydrogens is 268 g/mol. The van der Waals surface area contributed by atoms with Crippen LogP contribution >= 0.6 is 11.3 Å². The van der Waals surface area contributed by atoms with Crippen molar-refractivity contribution in [3.8, 4) is 0 Å². The standard InChI is InChI=1S/C15H14N4S/c16-12-2-1-10-3-5-19(8-11(10)7-12)14-13-4-6-20-15(13)18-9-17-14/h1-2,4,6-7,9H,3,5,8,16H2. The summed E-state index contributed by atoms with van der Waals surface area (Å²) in [5, 5.41) is 3.21. The first kappa shape index (κ1) is 11.7. The van der Waals surface area contributed by atoms with Crippen molar-refractivity contribution in [2.75, 3.05) is 17.2 Å². The van der Waals surface area contributed by atoms with Gasteiger partial charge in [-0.15, -0.1) is 11.3 Å². The molecule has 0 amide bonds. The molecule has 0 saturated heterocycles. The van der Waals surface area contributed by atoms with Gasteiger partial charge in [-0.3, -0.25) is 0 Å². The first-order valence-corrected chi connectivity index (χ1v) is 7.49. The van der Waals surface area contributed by atoms with Gasteiger partial charge in [-0.05, 0) is 41.1 Å². The highest BCUT2D eigenvalue weighted by Crippen LogP contribution is 2.30. The Bertz CT molecular complexity index is 780. The van der Waals surface area contributed by atoms with Crippen LogP contribution in [-0.4, -0.2) is 16.5 Å². The zero-order chi connectivity index (χ0) is 13.5. The number of rotatable bonds is 1. The summed E-state index contributed by atoms with van der Waals surface area (Å²) in [6, 6.07) is 8.30. The molecule has 0 radical (unpaired) electrons. The van der Waals surface area contributed by atoms with Crippen LogP contribution in [-0.2, 0) is 13.0 Å². The molecule has 0 atom stereocenters. The SMILES string of the molecule is Nc1ccc2c(c1)CN(c1ncnc3sccc13)CC2. The smallest absolute Gasteiger partial charge is 0.141 e. The molecule has 1 aromatic carbocycles. The lowest BCUT2D eigenvalue weighted by Gasteiger charge is -2.30. The van der Waals surface area contributed by atoms with Gasteiger partial charge >= 0.3 is 0 Å². The lowest BCUT2D eigenvalue weighted by molar-refractivity contribution is 0.723. The highest BCUT2D eigenvalue weighted by Gasteiger charge is 2.19. The molecule has 0 saturated carbocycles. The van der Waals surface area contributed by atoms with Gasteiger partial charge in [0.15, 0.2) is 0 Å². The highest BCUT2D eigenvalue weighted by atomic mass is 32.1. The quantitative estimate of drug-likeness (QED) is 0.697. The number of aromatic nitrogens is 2. The summed E-state index contributed by atoms with van der Waals surface area (Å²) in [7, 11) is 0. The van der Waals surface area contributed by atoms with E-state index in [9.17, 15) is 0 Å². The highest BCUT2D eigenvalue weighted by molar-refractivity contribution is 7.16. The lowest BCUT2D eigenvalue weighted by atomic mass is 9.99. The van der Waals surface area contributed by atoms with Crippen LogP contribution < -0.4 is 10.6 Å². The number of hydrogen-bond donors (Lipinski definition) is 1. The second-order valence-corrected chi connectivity index (χ2v) is 5.93. The molecule has 4 rings (SSSR count). The minimum atomic E-state index is 0.828. The number of anilines is 2. The summed E-state index contributed by atoms with van der Waals surface area (Å²) in [4.78, 5) is 12.2. The summed E-state index contributed by atoms with van der Waals surface area (Å²) < 4.78 is 0. The first-order chi connectivity index (χ1) is 9.81. The van der Waals surface area contributed by atoms with Gasteiger partial charge in [-0.25, -0.2) is 9.97 Å². The van der Waals surface area contributed by atoms with E-state index in [-0.39, 0.29) is 0 Å². The van der Waals surface area contributed by atoms with Crippen LogP contribution in [0.3, 0.4) is 0 Å². The van der Waals surface area contributed by atoms with E-state index in [1.54, 1.807) is 17.7 Å². The van der Waals surface area contributed by atoms with E-state index in [1.165, 1.54) is 11.1 Å². The molecule has 2 N–H and O–H groups in total. The van der Waals surface area contributed by atoms with E-state index in [1.807, 2.05) is 6.07 Å². The van der Waals surface area contributed by atoms with Crippen LogP contribution in [0.4, 0.5) is 11.5 Å². The molecule has 0 bridgehead atoms. The summed E-state index contributed by atoms with van der Waals surface area (Å²) in [6.45, 7) is 1.85. The Morgan fingerprint density at radius 3 is 3.05 bits per heavy atom. The van der Waals surface area contributed by atoms with Gasteiger partial charge in [0.05, 0.1) is 5.39 Å².